The Labute approximate surface area is 168 Å². The maximum atomic E-state index is 12.0. The van der Waals surface area contributed by atoms with Crippen LogP contribution in [-0.4, -0.2) is 5.91 Å². The first-order valence-electron chi connectivity index (χ1n) is 8.30. The van der Waals surface area contributed by atoms with E-state index in [1.165, 1.54) is 6.08 Å². The molecule has 0 saturated carbocycles. The molecule has 1 N–H and O–H groups in total. The van der Waals surface area contributed by atoms with E-state index >= 15 is 0 Å². The molecule has 3 aromatic rings. The third-order valence-corrected chi connectivity index (χ3v) is 4.24. The number of carbonyl (C=O) groups is 1. The lowest BCUT2D eigenvalue weighted by atomic mass is 10.2. The van der Waals surface area contributed by atoms with Crippen molar-refractivity contribution in [2.75, 3.05) is 5.32 Å². The van der Waals surface area contributed by atoms with Crippen LogP contribution in [0.4, 0.5) is 5.69 Å². The second kappa shape index (κ2) is 9.26. The van der Waals surface area contributed by atoms with Crippen LogP contribution in [0.1, 0.15) is 11.1 Å². The molecule has 0 spiro atoms. The van der Waals surface area contributed by atoms with E-state index < -0.39 is 0 Å². The topological polar surface area (TPSA) is 38.3 Å². The molecule has 1 amide bonds. The van der Waals surface area contributed by atoms with Crippen LogP contribution in [0.25, 0.3) is 6.08 Å². The molecule has 0 atom stereocenters. The summed E-state index contributed by atoms with van der Waals surface area (Å²) >= 11 is 11.7. The number of hydrogen-bond donors (Lipinski definition) is 1. The first kappa shape index (κ1) is 19.0. The lowest BCUT2D eigenvalue weighted by Crippen LogP contribution is -2.07. The van der Waals surface area contributed by atoms with E-state index in [1.807, 2.05) is 48.5 Å². The summed E-state index contributed by atoms with van der Waals surface area (Å²) in [6.45, 7) is 0.468. The van der Waals surface area contributed by atoms with E-state index in [1.54, 1.807) is 30.3 Å². The Morgan fingerprint density at radius 2 is 1.44 bits per heavy atom. The number of nitrogens with one attached hydrogen (secondary N) is 1. The largest absolute Gasteiger partial charge is 0.489 e. The summed E-state index contributed by atoms with van der Waals surface area (Å²) in [6, 6.07) is 22.0. The van der Waals surface area contributed by atoms with E-state index in [-0.39, 0.29) is 5.91 Å². The third-order valence-electron chi connectivity index (χ3n) is 3.74. The molecule has 3 nitrogen and oxygen atoms in total. The van der Waals surface area contributed by atoms with Gasteiger partial charge in [0.05, 0.1) is 0 Å². The number of halogens is 2. The number of rotatable bonds is 6. The smallest absolute Gasteiger partial charge is 0.248 e. The van der Waals surface area contributed by atoms with Crippen molar-refractivity contribution in [1.82, 2.24) is 0 Å². The van der Waals surface area contributed by atoms with Gasteiger partial charge in [-0.05, 0) is 65.7 Å². The van der Waals surface area contributed by atoms with Crippen molar-refractivity contribution < 1.29 is 9.53 Å². The number of carbonyl (C=O) groups excluding carboxylic acids is 1. The lowest BCUT2D eigenvalue weighted by Gasteiger charge is -2.06. The standard InChI is InChI=1S/C22H17Cl2NO2/c23-18-6-1-17(2-7-18)15-27-21-12-3-16(4-13-21)5-14-22(26)25-20-10-8-19(24)9-11-20/h1-14H,15H2,(H,25,26)/b14-5+. The second-order valence-electron chi connectivity index (χ2n) is 5.81. The van der Waals surface area contributed by atoms with Gasteiger partial charge in [0.1, 0.15) is 12.4 Å². The molecule has 0 aliphatic carbocycles. The zero-order valence-electron chi connectivity index (χ0n) is 14.4. The summed E-state index contributed by atoms with van der Waals surface area (Å²) in [4.78, 5) is 12.0. The lowest BCUT2D eigenvalue weighted by molar-refractivity contribution is -0.111. The minimum Gasteiger partial charge on any atom is -0.489 e. The van der Waals surface area contributed by atoms with Gasteiger partial charge >= 0.3 is 0 Å². The molecule has 3 rings (SSSR count). The first-order chi connectivity index (χ1) is 13.1. The van der Waals surface area contributed by atoms with Gasteiger partial charge in [-0.1, -0.05) is 47.5 Å². The van der Waals surface area contributed by atoms with Crippen LogP contribution in [0.2, 0.25) is 10.0 Å². The third kappa shape index (κ3) is 6.17. The minimum absolute atomic E-state index is 0.208. The fourth-order valence-corrected chi connectivity index (χ4v) is 2.56. The Bertz CT molecular complexity index is 918. The zero-order valence-corrected chi connectivity index (χ0v) is 15.9. The molecule has 0 radical (unpaired) electrons. The molecule has 5 heteroatoms. The summed E-state index contributed by atoms with van der Waals surface area (Å²) in [7, 11) is 0. The van der Waals surface area contributed by atoms with Gasteiger partial charge in [-0.25, -0.2) is 0 Å². The Hall–Kier alpha value is -2.75. The highest BCUT2D eigenvalue weighted by atomic mass is 35.5. The molecule has 0 saturated heterocycles. The fourth-order valence-electron chi connectivity index (χ4n) is 2.31. The predicted molar refractivity (Wildman–Crippen MR) is 111 cm³/mol. The zero-order chi connectivity index (χ0) is 19.1. The Morgan fingerprint density at radius 1 is 0.852 bits per heavy atom. The van der Waals surface area contributed by atoms with E-state index in [4.69, 9.17) is 27.9 Å². The summed E-state index contributed by atoms with van der Waals surface area (Å²) in [5, 5.41) is 4.11. The van der Waals surface area contributed by atoms with Crippen LogP contribution in [0.15, 0.2) is 78.9 Å². The molecule has 0 aromatic heterocycles. The number of hydrogen-bond acceptors (Lipinski definition) is 2. The molecule has 0 bridgehead atoms. The van der Waals surface area contributed by atoms with Crippen molar-refractivity contribution >= 4 is 40.9 Å². The highest BCUT2D eigenvalue weighted by molar-refractivity contribution is 6.30. The van der Waals surface area contributed by atoms with Gasteiger partial charge in [0.25, 0.3) is 0 Å². The van der Waals surface area contributed by atoms with Crippen LogP contribution in [0, 0.1) is 0 Å². The van der Waals surface area contributed by atoms with Gasteiger partial charge in [-0.15, -0.1) is 0 Å². The van der Waals surface area contributed by atoms with Crippen molar-refractivity contribution in [2.45, 2.75) is 6.61 Å². The molecule has 3 aromatic carbocycles. The Morgan fingerprint density at radius 3 is 2.07 bits per heavy atom. The van der Waals surface area contributed by atoms with Gasteiger partial charge in [0, 0.05) is 21.8 Å². The fraction of sp³-hybridized carbons (Fsp3) is 0.0455. The van der Waals surface area contributed by atoms with Gasteiger partial charge in [0.15, 0.2) is 0 Å². The maximum absolute atomic E-state index is 12.0. The molecule has 0 unspecified atom stereocenters. The highest BCUT2D eigenvalue weighted by Gasteiger charge is 1.99. The Kier molecular flexibility index (Phi) is 6.53. The van der Waals surface area contributed by atoms with E-state index in [0.717, 1.165) is 16.9 Å². The van der Waals surface area contributed by atoms with Crippen LogP contribution in [-0.2, 0) is 11.4 Å². The summed E-state index contributed by atoms with van der Waals surface area (Å²) in [5.74, 6) is 0.549. The molecular weight excluding hydrogens is 381 g/mol. The molecule has 0 heterocycles. The monoisotopic (exact) mass is 397 g/mol. The number of ether oxygens (including phenoxy) is 1. The van der Waals surface area contributed by atoms with Crippen LogP contribution in [0.5, 0.6) is 5.75 Å². The van der Waals surface area contributed by atoms with Gasteiger partial charge in [0.2, 0.25) is 5.91 Å². The molecular formula is C22H17Cl2NO2. The predicted octanol–water partition coefficient (Wildman–Crippen LogP) is 6.22. The average molecular weight is 398 g/mol. The number of amides is 1. The number of anilines is 1. The van der Waals surface area contributed by atoms with Gasteiger partial charge in [-0.2, -0.15) is 0 Å². The quantitative estimate of drug-likeness (QED) is 0.501. The minimum atomic E-state index is -0.208. The van der Waals surface area contributed by atoms with Crippen LogP contribution < -0.4 is 10.1 Å². The van der Waals surface area contributed by atoms with Gasteiger partial charge < -0.3 is 10.1 Å². The SMILES string of the molecule is O=C(/C=C/c1ccc(OCc2ccc(Cl)cc2)cc1)Nc1ccc(Cl)cc1. The van der Waals surface area contributed by atoms with E-state index in [0.29, 0.717) is 22.3 Å². The van der Waals surface area contributed by atoms with E-state index in [2.05, 4.69) is 5.32 Å². The summed E-state index contributed by atoms with van der Waals surface area (Å²) < 4.78 is 5.74. The molecule has 136 valence electrons. The van der Waals surface area contributed by atoms with Gasteiger partial charge in [-0.3, -0.25) is 4.79 Å². The van der Waals surface area contributed by atoms with Crippen LogP contribution >= 0.6 is 23.2 Å². The normalized spacial score (nSPS) is 10.7. The highest BCUT2D eigenvalue weighted by Crippen LogP contribution is 2.17. The molecule has 0 fully saturated rings. The molecule has 0 aliphatic heterocycles. The van der Waals surface area contributed by atoms with Crippen molar-refractivity contribution in [1.29, 1.82) is 0 Å². The summed E-state index contributed by atoms with van der Waals surface area (Å²) in [5.41, 5.74) is 2.64. The Balaban J connectivity index is 1.51. The molecule has 0 aliphatic rings. The van der Waals surface area contributed by atoms with Crippen molar-refractivity contribution in [2.24, 2.45) is 0 Å². The number of benzene rings is 3. The van der Waals surface area contributed by atoms with Crippen molar-refractivity contribution in [3.05, 3.63) is 100 Å². The van der Waals surface area contributed by atoms with Crippen molar-refractivity contribution in [3.63, 3.8) is 0 Å². The van der Waals surface area contributed by atoms with Crippen molar-refractivity contribution in [3.8, 4) is 5.75 Å². The first-order valence-corrected chi connectivity index (χ1v) is 9.06. The second-order valence-corrected chi connectivity index (χ2v) is 6.69. The molecule has 27 heavy (non-hydrogen) atoms. The maximum Gasteiger partial charge on any atom is 0.248 e. The summed E-state index contributed by atoms with van der Waals surface area (Å²) in [6.07, 6.45) is 3.23. The van der Waals surface area contributed by atoms with E-state index in [9.17, 15) is 4.79 Å². The average Bonchev–Trinajstić information content (AvgIpc) is 2.68. The van der Waals surface area contributed by atoms with Crippen LogP contribution in [0.3, 0.4) is 0 Å².